The Bertz CT molecular complexity index is 634. The number of hydrogen-bond donors (Lipinski definition) is 1. The minimum absolute atomic E-state index is 0.227. The molecule has 2 aromatic rings. The number of tetrazole rings is 1. The predicted octanol–water partition coefficient (Wildman–Crippen LogP) is 3.44. The summed E-state index contributed by atoms with van der Waals surface area (Å²) in [4.78, 5) is 0. The van der Waals surface area contributed by atoms with Crippen molar-refractivity contribution in [2.45, 2.75) is 39.2 Å². The van der Waals surface area contributed by atoms with Crippen LogP contribution in [-0.4, -0.2) is 20.2 Å². The lowest BCUT2D eigenvalue weighted by atomic mass is 9.87. The molecular weight excluding hydrogens is 318 g/mol. The number of halogens is 1. The molecule has 1 saturated carbocycles. The molecule has 0 aliphatic heterocycles. The van der Waals surface area contributed by atoms with Crippen LogP contribution in [0.1, 0.15) is 39.2 Å². The third-order valence-corrected chi connectivity index (χ3v) is 4.97. The van der Waals surface area contributed by atoms with Gasteiger partial charge in [-0.05, 0) is 62.8 Å². The van der Waals surface area contributed by atoms with Crippen LogP contribution in [-0.2, 0) is 0 Å². The summed E-state index contributed by atoms with van der Waals surface area (Å²) in [5.74, 6) is 0.796. The fourth-order valence-electron chi connectivity index (χ4n) is 3.04. The molecule has 106 valence electrons. The first kappa shape index (κ1) is 13.5. The minimum Gasteiger partial charge on any atom is -0.398 e. The van der Waals surface area contributed by atoms with E-state index in [1.54, 1.807) is 0 Å². The van der Waals surface area contributed by atoms with Crippen LogP contribution in [0, 0.1) is 5.41 Å². The zero-order chi connectivity index (χ0) is 14.3. The van der Waals surface area contributed by atoms with Crippen molar-refractivity contribution in [3.05, 3.63) is 22.7 Å². The Labute approximate surface area is 126 Å². The molecule has 1 atom stereocenters. The third-order valence-electron chi connectivity index (χ3n) is 4.24. The number of nitrogens with zero attached hydrogens (tertiary/aromatic N) is 4. The summed E-state index contributed by atoms with van der Waals surface area (Å²) in [7, 11) is 0. The first-order valence-electron chi connectivity index (χ1n) is 6.82. The maximum absolute atomic E-state index is 5.96. The standard InChI is InChI=1S/C14H18BrN5/c1-14(2)7-3-4-12(14)20-13(17-18-19-20)9-5-6-10(15)11(16)8-9/h5-6,8,12H,3-4,7,16H2,1-2H3. The second-order valence-electron chi connectivity index (χ2n) is 6.08. The molecular formula is C14H18BrN5. The van der Waals surface area contributed by atoms with Crippen molar-refractivity contribution >= 4 is 21.6 Å². The number of nitrogens with two attached hydrogens (primary N) is 1. The van der Waals surface area contributed by atoms with E-state index in [1.165, 1.54) is 12.8 Å². The van der Waals surface area contributed by atoms with Gasteiger partial charge in [-0.15, -0.1) is 5.10 Å². The Balaban J connectivity index is 2.04. The molecule has 0 radical (unpaired) electrons. The Morgan fingerprint density at radius 2 is 2.20 bits per heavy atom. The summed E-state index contributed by atoms with van der Waals surface area (Å²) in [5, 5.41) is 12.3. The highest BCUT2D eigenvalue weighted by atomic mass is 79.9. The predicted molar refractivity (Wildman–Crippen MR) is 82.0 cm³/mol. The summed E-state index contributed by atoms with van der Waals surface area (Å²) in [6.07, 6.45) is 3.55. The zero-order valence-electron chi connectivity index (χ0n) is 11.7. The van der Waals surface area contributed by atoms with Crippen LogP contribution in [0.25, 0.3) is 11.4 Å². The van der Waals surface area contributed by atoms with Gasteiger partial charge in [0.15, 0.2) is 5.82 Å². The fraction of sp³-hybridized carbons (Fsp3) is 0.500. The van der Waals surface area contributed by atoms with Crippen molar-refractivity contribution in [2.24, 2.45) is 5.41 Å². The topological polar surface area (TPSA) is 69.6 Å². The van der Waals surface area contributed by atoms with Gasteiger partial charge < -0.3 is 5.73 Å². The van der Waals surface area contributed by atoms with Crippen LogP contribution in [0.5, 0.6) is 0 Å². The van der Waals surface area contributed by atoms with Gasteiger partial charge in [0, 0.05) is 15.7 Å². The normalized spacial score (nSPS) is 21.2. The molecule has 0 amide bonds. The zero-order valence-corrected chi connectivity index (χ0v) is 13.3. The van der Waals surface area contributed by atoms with Gasteiger partial charge in [-0.25, -0.2) is 4.68 Å². The van der Waals surface area contributed by atoms with Crippen molar-refractivity contribution < 1.29 is 0 Å². The van der Waals surface area contributed by atoms with Gasteiger partial charge in [0.25, 0.3) is 0 Å². The van der Waals surface area contributed by atoms with Gasteiger partial charge in [0.1, 0.15) is 0 Å². The van der Waals surface area contributed by atoms with E-state index in [1.807, 2.05) is 22.9 Å². The summed E-state index contributed by atoms with van der Waals surface area (Å²) >= 11 is 3.41. The summed E-state index contributed by atoms with van der Waals surface area (Å²) in [5.41, 5.74) is 7.84. The second kappa shape index (κ2) is 4.84. The molecule has 1 unspecified atom stereocenters. The average Bonchev–Trinajstić information content (AvgIpc) is 2.98. The molecule has 1 fully saturated rings. The molecule has 1 aliphatic rings. The Hall–Kier alpha value is -1.43. The molecule has 1 aromatic carbocycles. The lowest BCUT2D eigenvalue weighted by Gasteiger charge is -2.27. The molecule has 1 aromatic heterocycles. The van der Waals surface area contributed by atoms with E-state index < -0.39 is 0 Å². The highest BCUT2D eigenvalue weighted by Crippen LogP contribution is 2.46. The Kier molecular flexibility index (Phi) is 3.28. The molecule has 1 heterocycles. The first-order valence-corrected chi connectivity index (χ1v) is 7.61. The number of nitrogen functional groups attached to an aromatic ring is 1. The molecule has 2 N–H and O–H groups in total. The number of benzene rings is 1. The molecule has 20 heavy (non-hydrogen) atoms. The SMILES string of the molecule is CC1(C)CCCC1n1nnnc1-c1ccc(Br)c(N)c1. The van der Waals surface area contributed by atoms with E-state index >= 15 is 0 Å². The van der Waals surface area contributed by atoms with Crippen molar-refractivity contribution in [3.63, 3.8) is 0 Å². The van der Waals surface area contributed by atoms with E-state index in [0.29, 0.717) is 11.7 Å². The van der Waals surface area contributed by atoms with E-state index in [-0.39, 0.29) is 5.41 Å². The maximum Gasteiger partial charge on any atom is 0.182 e. The summed E-state index contributed by atoms with van der Waals surface area (Å²) in [6.45, 7) is 4.57. The van der Waals surface area contributed by atoms with Crippen molar-refractivity contribution in [1.29, 1.82) is 0 Å². The van der Waals surface area contributed by atoms with E-state index in [9.17, 15) is 0 Å². The summed E-state index contributed by atoms with van der Waals surface area (Å²) < 4.78 is 2.86. The van der Waals surface area contributed by atoms with Gasteiger partial charge in [0.05, 0.1) is 6.04 Å². The number of aromatic nitrogens is 4. The minimum atomic E-state index is 0.227. The summed E-state index contributed by atoms with van der Waals surface area (Å²) in [6, 6.07) is 6.18. The van der Waals surface area contributed by atoms with Crippen molar-refractivity contribution in [3.8, 4) is 11.4 Å². The smallest absolute Gasteiger partial charge is 0.182 e. The van der Waals surface area contributed by atoms with Crippen molar-refractivity contribution in [2.75, 3.05) is 5.73 Å². The second-order valence-corrected chi connectivity index (χ2v) is 6.93. The number of anilines is 1. The number of hydrogen-bond acceptors (Lipinski definition) is 4. The fourth-order valence-corrected chi connectivity index (χ4v) is 3.28. The molecule has 3 rings (SSSR count). The third kappa shape index (κ3) is 2.22. The maximum atomic E-state index is 5.96. The van der Waals surface area contributed by atoms with Crippen LogP contribution in [0.4, 0.5) is 5.69 Å². The quantitative estimate of drug-likeness (QED) is 0.853. The van der Waals surface area contributed by atoms with Gasteiger partial charge >= 0.3 is 0 Å². The van der Waals surface area contributed by atoms with Gasteiger partial charge in [-0.2, -0.15) is 0 Å². The number of rotatable bonds is 2. The lowest BCUT2D eigenvalue weighted by Crippen LogP contribution is -2.23. The lowest BCUT2D eigenvalue weighted by molar-refractivity contribution is 0.242. The Morgan fingerprint density at radius 1 is 1.40 bits per heavy atom. The molecule has 5 nitrogen and oxygen atoms in total. The van der Waals surface area contributed by atoms with Crippen LogP contribution in [0.3, 0.4) is 0 Å². The molecule has 1 aliphatic carbocycles. The van der Waals surface area contributed by atoms with Crippen LogP contribution in [0.15, 0.2) is 22.7 Å². The van der Waals surface area contributed by atoms with E-state index in [4.69, 9.17) is 5.73 Å². The molecule has 6 heteroatoms. The van der Waals surface area contributed by atoms with Gasteiger partial charge in [-0.1, -0.05) is 20.3 Å². The van der Waals surface area contributed by atoms with Crippen molar-refractivity contribution in [1.82, 2.24) is 20.2 Å². The van der Waals surface area contributed by atoms with Crippen LogP contribution >= 0.6 is 15.9 Å². The van der Waals surface area contributed by atoms with Gasteiger partial charge in [-0.3, -0.25) is 0 Å². The highest BCUT2D eigenvalue weighted by molar-refractivity contribution is 9.10. The van der Waals surface area contributed by atoms with Crippen LogP contribution < -0.4 is 5.73 Å². The Morgan fingerprint density at radius 3 is 2.85 bits per heavy atom. The molecule has 0 spiro atoms. The molecule has 0 saturated heterocycles. The highest BCUT2D eigenvalue weighted by Gasteiger charge is 2.38. The monoisotopic (exact) mass is 335 g/mol. The molecule has 0 bridgehead atoms. The van der Waals surface area contributed by atoms with Gasteiger partial charge in [0.2, 0.25) is 0 Å². The van der Waals surface area contributed by atoms with Crippen LogP contribution in [0.2, 0.25) is 0 Å². The average molecular weight is 336 g/mol. The first-order chi connectivity index (χ1) is 9.49. The largest absolute Gasteiger partial charge is 0.398 e. The van der Waals surface area contributed by atoms with E-state index in [2.05, 4.69) is 45.3 Å². The van der Waals surface area contributed by atoms with E-state index in [0.717, 1.165) is 22.3 Å².